The fourth-order valence-electron chi connectivity index (χ4n) is 7.38. The average molecular weight is 1020 g/mol. The molecule has 0 spiro atoms. The molecule has 2 heterocycles. The molecule has 400 valence electrons. The van der Waals surface area contributed by atoms with Crippen LogP contribution in [0.5, 0.6) is 0 Å². The van der Waals surface area contributed by atoms with Crippen LogP contribution in [0.1, 0.15) is 116 Å². The van der Waals surface area contributed by atoms with Crippen LogP contribution in [-0.2, 0) is 57.3 Å². The van der Waals surface area contributed by atoms with Crippen molar-refractivity contribution in [2.75, 3.05) is 91.3 Å². The summed E-state index contributed by atoms with van der Waals surface area (Å²) < 4.78 is 21.4. The largest absolute Gasteiger partial charge is 0.377 e. The number of ether oxygens (including phenoxy) is 4. The third-order valence-corrected chi connectivity index (χ3v) is 12.9. The molecule has 1 unspecified atom stereocenters. The summed E-state index contributed by atoms with van der Waals surface area (Å²) in [5, 5.41) is 23.0. The van der Waals surface area contributed by atoms with Gasteiger partial charge in [-0.1, -0.05) is 26.2 Å². The van der Waals surface area contributed by atoms with Gasteiger partial charge in [0.05, 0.1) is 51.7 Å². The van der Waals surface area contributed by atoms with Crippen molar-refractivity contribution in [3.63, 3.8) is 0 Å². The first-order valence-corrected chi connectivity index (χ1v) is 26.0. The summed E-state index contributed by atoms with van der Waals surface area (Å²) >= 11 is 1.83. The predicted octanol–water partition coefficient (Wildman–Crippen LogP) is -0.478. The molecule has 2 aliphatic rings. The van der Waals surface area contributed by atoms with Crippen LogP contribution in [0.15, 0.2) is 0 Å². The van der Waals surface area contributed by atoms with Crippen molar-refractivity contribution in [1.82, 2.24) is 42.5 Å². The number of fused-ring (bicyclic) bond motifs is 1. The lowest BCUT2D eigenvalue weighted by molar-refractivity contribution is -0.129. The van der Waals surface area contributed by atoms with Crippen molar-refractivity contribution in [3.05, 3.63) is 0 Å². The van der Waals surface area contributed by atoms with Gasteiger partial charge in [-0.05, 0) is 64.2 Å². The fraction of sp³-hybridized carbons (Fsp3) is 0.804. The monoisotopic (exact) mass is 1010 g/mol. The van der Waals surface area contributed by atoms with Gasteiger partial charge in [0, 0.05) is 75.3 Å². The molecular weight excluding hydrogens is 933 g/mol. The number of urea groups is 1. The van der Waals surface area contributed by atoms with E-state index in [9.17, 15) is 43.2 Å². The molecule has 5 atom stereocenters. The van der Waals surface area contributed by atoms with Crippen LogP contribution < -0.4 is 54.0 Å². The Morgan fingerprint density at radius 2 is 1.10 bits per heavy atom. The number of carbonyl (C=O) groups is 9. The van der Waals surface area contributed by atoms with Gasteiger partial charge in [-0.2, -0.15) is 11.8 Å². The highest BCUT2D eigenvalue weighted by Gasteiger charge is 2.42. The van der Waals surface area contributed by atoms with E-state index in [0.717, 1.165) is 37.9 Å². The van der Waals surface area contributed by atoms with Crippen LogP contribution in [0.4, 0.5) is 4.79 Å². The van der Waals surface area contributed by atoms with Crippen LogP contribution in [0.2, 0.25) is 0 Å². The maximum absolute atomic E-state index is 13.1. The van der Waals surface area contributed by atoms with E-state index in [2.05, 4.69) is 42.5 Å². The first-order chi connectivity index (χ1) is 33.7. The Bertz CT molecular complexity index is 1600. The molecular formula is C46H82N10O13S. The summed E-state index contributed by atoms with van der Waals surface area (Å²) in [7, 11) is 0. The number of hydrogen-bond acceptors (Lipinski definition) is 14. The number of amides is 10. The summed E-state index contributed by atoms with van der Waals surface area (Å²) in [5.74, 6) is -1.47. The number of nitrogens with two attached hydrogens (primary N) is 2. The van der Waals surface area contributed by atoms with Crippen molar-refractivity contribution in [1.29, 1.82) is 0 Å². The van der Waals surface area contributed by atoms with E-state index < -0.39 is 6.04 Å². The van der Waals surface area contributed by atoms with E-state index in [1.54, 1.807) is 6.92 Å². The zero-order valence-corrected chi connectivity index (χ0v) is 42.0. The van der Waals surface area contributed by atoms with Gasteiger partial charge in [0.25, 0.3) is 0 Å². The van der Waals surface area contributed by atoms with E-state index in [0.29, 0.717) is 82.7 Å². The minimum Gasteiger partial charge on any atom is -0.377 e. The first kappa shape index (κ1) is 61.3. The molecule has 70 heavy (non-hydrogen) atoms. The molecule has 0 radical (unpaired) electrons. The highest BCUT2D eigenvalue weighted by molar-refractivity contribution is 8.00. The predicted molar refractivity (Wildman–Crippen MR) is 262 cm³/mol. The maximum Gasteiger partial charge on any atom is 0.315 e. The molecule has 0 aromatic rings. The summed E-state index contributed by atoms with van der Waals surface area (Å²) in [6, 6.07) is -0.591. The van der Waals surface area contributed by atoms with Gasteiger partial charge >= 0.3 is 6.03 Å². The first-order valence-electron chi connectivity index (χ1n) is 25.0. The normalized spacial score (nSPS) is 16.8. The minimum absolute atomic E-state index is 0.0828. The molecule has 24 heteroatoms. The molecule has 0 aromatic heterocycles. The number of unbranched alkanes of at least 4 members (excludes halogenated alkanes) is 5. The number of nitrogens with one attached hydrogen (secondary N) is 8. The molecule has 0 aromatic carbocycles. The third-order valence-electron chi connectivity index (χ3n) is 11.4. The third kappa shape index (κ3) is 31.4. The Labute approximate surface area is 416 Å². The van der Waals surface area contributed by atoms with E-state index in [-0.39, 0.29) is 156 Å². The van der Waals surface area contributed by atoms with Crippen molar-refractivity contribution < 1.29 is 62.1 Å². The Balaban J connectivity index is 1.46. The van der Waals surface area contributed by atoms with Crippen LogP contribution in [0.3, 0.4) is 0 Å². The number of thioether (sulfide) groups is 1. The molecule has 2 fully saturated rings. The number of primary amides is 2. The van der Waals surface area contributed by atoms with Gasteiger partial charge in [-0.3, -0.25) is 38.4 Å². The SMILES string of the molecule is CC(CCCCNC(=O)[C@H](CCCCNC(=O)CCCC(=O)NCCOCCOCC(=O)NCCOCCOCC(=O)NCCCCCC(N)=O)NC(=O)CCCC[C@@H]1SC[C@@H]2NC(=O)N[C@@H]21)C(N)=O. The van der Waals surface area contributed by atoms with E-state index in [4.69, 9.17) is 30.4 Å². The van der Waals surface area contributed by atoms with Gasteiger partial charge in [0.15, 0.2) is 0 Å². The van der Waals surface area contributed by atoms with E-state index in [1.807, 2.05) is 11.8 Å². The van der Waals surface area contributed by atoms with Crippen molar-refractivity contribution in [2.45, 2.75) is 139 Å². The molecule has 2 saturated heterocycles. The molecule has 12 N–H and O–H groups in total. The van der Waals surface area contributed by atoms with Gasteiger partial charge in [0.1, 0.15) is 19.3 Å². The number of hydrogen-bond donors (Lipinski definition) is 10. The van der Waals surface area contributed by atoms with Crippen molar-refractivity contribution in [2.24, 2.45) is 17.4 Å². The van der Waals surface area contributed by atoms with Crippen molar-refractivity contribution in [3.8, 4) is 0 Å². The maximum atomic E-state index is 13.1. The lowest BCUT2D eigenvalue weighted by Gasteiger charge is -2.19. The smallest absolute Gasteiger partial charge is 0.315 e. The minimum atomic E-state index is -0.730. The Morgan fingerprint density at radius 1 is 0.571 bits per heavy atom. The second kappa shape index (κ2) is 38.9. The quantitative estimate of drug-likeness (QED) is 0.0273. The summed E-state index contributed by atoms with van der Waals surface area (Å²) in [5.41, 5.74) is 10.4. The molecule has 2 rings (SSSR count). The highest BCUT2D eigenvalue weighted by Crippen LogP contribution is 2.33. The second-order valence-corrected chi connectivity index (χ2v) is 18.7. The second-order valence-electron chi connectivity index (χ2n) is 17.4. The Hall–Kier alpha value is -4.78. The summed E-state index contributed by atoms with van der Waals surface area (Å²) in [6.07, 6.45) is 9.54. The van der Waals surface area contributed by atoms with E-state index >= 15 is 0 Å². The topological polar surface area (TPSA) is 339 Å². The van der Waals surface area contributed by atoms with E-state index in [1.165, 1.54) is 0 Å². The standard InChI is InChI=1S/C46H82N10O13S/c1-33(44(48)63)12-6-9-21-53-45(64)34(54-40(60)16-5-4-14-36-43-35(32-70-36)55-46(65)56-43)13-7-10-20-49-38(58)17-11-18-39(59)51-22-24-66-26-29-69-31-42(62)52-23-25-67-27-28-68-30-41(61)50-19-8-2-3-15-37(47)57/h33-36,43H,2-32H2,1H3,(H2,47,57)(H2,48,63)(H,49,58)(H,50,61)(H,51,59)(H,52,62)(H,53,64)(H,54,60)(H2,55,56,65)/t33?,34-,35-,36-,43-/m0/s1. The van der Waals surface area contributed by atoms with Crippen LogP contribution >= 0.6 is 11.8 Å². The molecule has 0 saturated carbocycles. The summed E-state index contributed by atoms with van der Waals surface area (Å²) in [4.78, 5) is 108. The Morgan fingerprint density at radius 3 is 1.73 bits per heavy atom. The van der Waals surface area contributed by atoms with Gasteiger partial charge < -0.3 is 72.9 Å². The number of rotatable bonds is 44. The number of carbonyl (C=O) groups excluding carboxylic acids is 9. The van der Waals surface area contributed by atoms with Gasteiger partial charge in [-0.15, -0.1) is 0 Å². The van der Waals surface area contributed by atoms with Crippen molar-refractivity contribution >= 4 is 65.1 Å². The summed E-state index contributed by atoms with van der Waals surface area (Å²) in [6.45, 7) is 4.81. The molecule has 0 bridgehead atoms. The fourth-order valence-corrected chi connectivity index (χ4v) is 8.92. The Kier molecular flexibility index (Phi) is 34.1. The lowest BCUT2D eigenvalue weighted by atomic mass is 10.0. The van der Waals surface area contributed by atoms with Gasteiger partial charge in [0.2, 0.25) is 47.3 Å². The molecule has 0 aliphatic carbocycles. The lowest BCUT2D eigenvalue weighted by Crippen LogP contribution is -2.47. The highest BCUT2D eigenvalue weighted by atomic mass is 32.2. The van der Waals surface area contributed by atoms with Crippen LogP contribution in [0.25, 0.3) is 0 Å². The molecule has 2 aliphatic heterocycles. The zero-order chi connectivity index (χ0) is 51.2. The molecule has 23 nitrogen and oxygen atoms in total. The van der Waals surface area contributed by atoms with Crippen LogP contribution in [-0.4, -0.2) is 168 Å². The van der Waals surface area contributed by atoms with Gasteiger partial charge in [-0.25, -0.2) is 4.79 Å². The average Bonchev–Trinajstić information content (AvgIpc) is 3.88. The zero-order valence-electron chi connectivity index (χ0n) is 41.2. The van der Waals surface area contributed by atoms with Crippen LogP contribution in [0, 0.1) is 5.92 Å². The molecule has 10 amide bonds.